The van der Waals surface area contributed by atoms with E-state index in [-0.39, 0.29) is 6.04 Å². The number of aromatic nitrogens is 2. The molecule has 0 spiro atoms. The van der Waals surface area contributed by atoms with Crippen LogP contribution in [0.1, 0.15) is 43.4 Å². The summed E-state index contributed by atoms with van der Waals surface area (Å²) in [6.07, 6.45) is 6.37. The molecule has 1 aromatic rings. The number of nitriles is 1. The van der Waals surface area contributed by atoms with E-state index in [9.17, 15) is 5.26 Å². The molecule has 0 bridgehead atoms. The predicted molar refractivity (Wildman–Crippen MR) is 75.7 cm³/mol. The van der Waals surface area contributed by atoms with Gasteiger partial charge in [0, 0.05) is 19.6 Å². The van der Waals surface area contributed by atoms with E-state index in [0.717, 1.165) is 11.5 Å². The van der Waals surface area contributed by atoms with Crippen LogP contribution in [0.25, 0.3) is 0 Å². The fraction of sp³-hybridized carbons (Fsp3) is 0.714. The molecule has 1 aliphatic carbocycles. The lowest BCUT2D eigenvalue weighted by Crippen LogP contribution is -2.38. The Kier molecular flexibility index (Phi) is 4.43. The molecule has 0 aromatic carbocycles. The summed E-state index contributed by atoms with van der Waals surface area (Å²) in [4.78, 5) is 0. The van der Waals surface area contributed by atoms with Crippen LogP contribution in [0.5, 0.6) is 0 Å². The number of anilines is 1. The van der Waals surface area contributed by atoms with Crippen LogP contribution < -0.4 is 11.1 Å². The van der Waals surface area contributed by atoms with E-state index >= 15 is 0 Å². The van der Waals surface area contributed by atoms with Gasteiger partial charge in [-0.25, -0.2) is 0 Å². The maximum atomic E-state index is 9.23. The van der Waals surface area contributed by atoms with Crippen molar-refractivity contribution in [2.24, 2.45) is 18.7 Å². The molecule has 5 heteroatoms. The number of aryl methyl sites for hydroxylation is 2. The lowest BCUT2D eigenvalue weighted by molar-refractivity contribution is 0.319. The number of nitrogens with zero attached hydrogens (tertiary/aromatic N) is 3. The van der Waals surface area contributed by atoms with Gasteiger partial charge in [0.25, 0.3) is 0 Å². The molecule has 1 aliphatic rings. The molecule has 1 saturated carbocycles. The van der Waals surface area contributed by atoms with Crippen molar-refractivity contribution < 1.29 is 0 Å². The first-order valence-electron chi connectivity index (χ1n) is 7.07. The van der Waals surface area contributed by atoms with Crippen molar-refractivity contribution in [1.82, 2.24) is 9.78 Å². The highest BCUT2D eigenvalue weighted by atomic mass is 15.3. The topological polar surface area (TPSA) is 79.7 Å². The first-order valence-corrected chi connectivity index (χ1v) is 7.07. The Morgan fingerprint density at radius 2 is 2.16 bits per heavy atom. The minimum atomic E-state index is 0.238. The summed E-state index contributed by atoms with van der Waals surface area (Å²) in [6.45, 7) is 2.46. The van der Waals surface area contributed by atoms with Gasteiger partial charge in [-0.05, 0) is 25.7 Å². The summed E-state index contributed by atoms with van der Waals surface area (Å²) in [7, 11) is 1.87. The van der Waals surface area contributed by atoms with Gasteiger partial charge in [-0.1, -0.05) is 19.3 Å². The van der Waals surface area contributed by atoms with Crippen molar-refractivity contribution in [3.63, 3.8) is 0 Å². The standard InChI is InChI=1S/C14H23N5/c1-10-12(8-15)14(19(2)18-10)17-13(9-16)11-6-4-3-5-7-11/h11,13,17H,3-7,9,16H2,1-2H3. The second-order valence-corrected chi connectivity index (χ2v) is 5.43. The third-order valence-electron chi connectivity index (χ3n) is 4.13. The molecule has 0 saturated heterocycles. The van der Waals surface area contributed by atoms with E-state index in [0.29, 0.717) is 18.0 Å². The van der Waals surface area contributed by atoms with Crippen molar-refractivity contribution in [2.45, 2.75) is 45.1 Å². The van der Waals surface area contributed by atoms with E-state index in [1.807, 2.05) is 14.0 Å². The van der Waals surface area contributed by atoms with Crippen LogP contribution in [0.3, 0.4) is 0 Å². The summed E-state index contributed by atoms with van der Waals surface area (Å²) in [6, 6.07) is 2.47. The van der Waals surface area contributed by atoms with Gasteiger partial charge in [0.1, 0.15) is 17.5 Å². The van der Waals surface area contributed by atoms with E-state index in [1.54, 1.807) is 4.68 Å². The van der Waals surface area contributed by atoms with Crippen LogP contribution in [0.15, 0.2) is 0 Å². The highest BCUT2D eigenvalue weighted by Crippen LogP contribution is 2.29. The van der Waals surface area contributed by atoms with Crippen LogP contribution in [-0.2, 0) is 7.05 Å². The SMILES string of the molecule is Cc1nn(C)c(NC(CN)C2CCCCC2)c1C#N. The second kappa shape index (κ2) is 6.07. The average Bonchev–Trinajstić information content (AvgIpc) is 2.70. The summed E-state index contributed by atoms with van der Waals surface area (Å²) in [5, 5.41) is 17.0. The molecule has 0 aliphatic heterocycles. The summed E-state index contributed by atoms with van der Waals surface area (Å²) < 4.78 is 1.75. The zero-order valence-corrected chi connectivity index (χ0v) is 11.8. The maximum Gasteiger partial charge on any atom is 0.142 e. The van der Waals surface area contributed by atoms with Crippen molar-refractivity contribution in [3.05, 3.63) is 11.3 Å². The lowest BCUT2D eigenvalue weighted by Gasteiger charge is -2.30. The Labute approximate surface area is 114 Å². The van der Waals surface area contributed by atoms with Crippen LogP contribution >= 0.6 is 0 Å². The molecule has 0 radical (unpaired) electrons. The smallest absolute Gasteiger partial charge is 0.142 e. The maximum absolute atomic E-state index is 9.23. The third-order valence-corrected chi connectivity index (χ3v) is 4.13. The van der Waals surface area contributed by atoms with Crippen LogP contribution in [0.2, 0.25) is 0 Å². The van der Waals surface area contributed by atoms with Crippen molar-refractivity contribution in [1.29, 1.82) is 5.26 Å². The molecule has 3 N–H and O–H groups in total. The highest BCUT2D eigenvalue weighted by molar-refractivity contribution is 5.55. The normalized spacial score (nSPS) is 18.0. The molecule has 5 nitrogen and oxygen atoms in total. The third kappa shape index (κ3) is 2.90. The van der Waals surface area contributed by atoms with Crippen LogP contribution in [0.4, 0.5) is 5.82 Å². The molecule has 19 heavy (non-hydrogen) atoms. The fourth-order valence-electron chi connectivity index (χ4n) is 3.04. The predicted octanol–water partition coefficient (Wildman–Crippen LogP) is 1.92. The van der Waals surface area contributed by atoms with Gasteiger partial charge in [0.15, 0.2) is 0 Å². The van der Waals surface area contributed by atoms with Gasteiger partial charge < -0.3 is 11.1 Å². The second-order valence-electron chi connectivity index (χ2n) is 5.43. The number of hydrogen-bond acceptors (Lipinski definition) is 4. The van der Waals surface area contributed by atoms with E-state index in [1.165, 1.54) is 32.1 Å². The number of rotatable bonds is 4. The number of nitrogens with two attached hydrogens (primary N) is 1. The van der Waals surface area contributed by atoms with Gasteiger partial charge >= 0.3 is 0 Å². The van der Waals surface area contributed by atoms with Gasteiger partial charge in [0.05, 0.1) is 5.69 Å². The Morgan fingerprint density at radius 3 is 2.74 bits per heavy atom. The Balaban J connectivity index is 2.16. The number of hydrogen-bond donors (Lipinski definition) is 2. The Bertz CT molecular complexity index is 465. The molecule has 1 aromatic heterocycles. The minimum Gasteiger partial charge on any atom is -0.365 e. The summed E-state index contributed by atoms with van der Waals surface area (Å²) in [5.41, 5.74) is 7.33. The van der Waals surface area contributed by atoms with E-state index < -0.39 is 0 Å². The van der Waals surface area contributed by atoms with Gasteiger partial charge in [-0.3, -0.25) is 4.68 Å². The summed E-state index contributed by atoms with van der Waals surface area (Å²) >= 11 is 0. The first-order chi connectivity index (χ1) is 9.17. The van der Waals surface area contributed by atoms with Crippen LogP contribution in [-0.4, -0.2) is 22.4 Å². The summed E-state index contributed by atoms with van der Waals surface area (Å²) in [5.74, 6) is 1.42. The van der Waals surface area contributed by atoms with E-state index in [2.05, 4.69) is 16.5 Å². The molecule has 0 amide bonds. The minimum absolute atomic E-state index is 0.238. The molecule has 1 unspecified atom stereocenters. The molecular formula is C14H23N5. The molecular weight excluding hydrogens is 238 g/mol. The number of nitrogens with one attached hydrogen (secondary N) is 1. The zero-order valence-electron chi connectivity index (χ0n) is 11.8. The Hall–Kier alpha value is -1.54. The molecule has 1 atom stereocenters. The quantitative estimate of drug-likeness (QED) is 0.867. The molecule has 2 rings (SSSR count). The van der Waals surface area contributed by atoms with Crippen molar-refractivity contribution >= 4 is 5.82 Å². The van der Waals surface area contributed by atoms with Crippen molar-refractivity contribution in [3.8, 4) is 6.07 Å². The highest BCUT2D eigenvalue weighted by Gasteiger charge is 2.24. The molecule has 104 valence electrons. The fourth-order valence-corrected chi connectivity index (χ4v) is 3.04. The lowest BCUT2D eigenvalue weighted by atomic mass is 9.84. The molecule has 1 heterocycles. The van der Waals surface area contributed by atoms with Crippen LogP contribution in [0, 0.1) is 24.2 Å². The Morgan fingerprint density at radius 1 is 1.47 bits per heavy atom. The van der Waals surface area contributed by atoms with Gasteiger partial charge in [0.2, 0.25) is 0 Å². The largest absolute Gasteiger partial charge is 0.365 e. The van der Waals surface area contributed by atoms with Gasteiger partial charge in [-0.15, -0.1) is 0 Å². The van der Waals surface area contributed by atoms with Gasteiger partial charge in [-0.2, -0.15) is 10.4 Å². The average molecular weight is 261 g/mol. The first kappa shape index (κ1) is 13.9. The van der Waals surface area contributed by atoms with Crippen molar-refractivity contribution in [2.75, 3.05) is 11.9 Å². The zero-order chi connectivity index (χ0) is 13.8. The monoisotopic (exact) mass is 261 g/mol. The van der Waals surface area contributed by atoms with E-state index in [4.69, 9.17) is 5.73 Å². The molecule has 1 fully saturated rings.